The highest BCUT2D eigenvalue weighted by Crippen LogP contribution is 2.46. The van der Waals surface area contributed by atoms with E-state index in [4.69, 9.17) is 6.57 Å². The van der Waals surface area contributed by atoms with E-state index in [-0.39, 0.29) is 18.0 Å². The molecule has 1 aliphatic heterocycles. The van der Waals surface area contributed by atoms with Gasteiger partial charge < -0.3 is 15.5 Å². The molecule has 0 saturated heterocycles. The summed E-state index contributed by atoms with van der Waals surface area (Å²) in [6.45, 7) is 8.28. The van der Waals surface area contributed by atoms with Crippen molar-refractivity contribution in [1.29, 1.82) is 0 Å². The Morgan fingerprint density at radius 1 is 1.38 bits per heavy atom. The van der Waals surface area contributed by atoms with E-state index in [9.17, 15) is 4.79 Å². The molecule has 2 aliphatic carbocycles. The van der Waals surface area contributed by atoms with Crippen LogP contribution in [0, 0.1) is 18.4 Å². The molecule has 108 valence electrons. The lowest BCUT2D eigenvalue weighted by Crippen LogP contribution is -2.39. The average Bonchev–Trinajstić information content (AvgIpc) is 3.19. The van der Waals surface area contributed by atoms with E-state index >= 15 is 0 Å². The fraction of sp³-hybridized carbons (Fsp3) is 0.529. The lowest BCUT2D eigenvalue weighted by atomic mass is 9.95. The molecule has 1 amide bonds. The molecular formula is C17H19N3O. The zero-order valence-electron chi connectivity index (χ0n) is 11.9. The number of hydrogen-bond donors (Lipinski definition) is 2. The van der Waals surface area contributed by atoms with E-state index in [1.807, 2.05) is 18.2 Å². The van der Waals surface area contributed by atoms with Gasteiger partial charge in [0, 0.05) is 29.8 Å². The fourth-order valence-electron chi connectivity index (χ4n) is 4.36. The first-order chi connectivity index (χ1) is 10.3. The van der Waals surface area contributed by atoms with Crippen molar-refractivity contribution in [3.63, 3.8) is 0 Å². The first-order valence-corrected chi connectivity index (χ1v) is 7.80. The zero-order valence-corrected chi connectivity index (χ0v) is 11.9. The Bertz CT molecular complexity index is 633. The van der Waals surface area contributed by atoms with Gasteiger partial charge in [-0.25, -0.2) is 6.57 Å². The Hall–Kier alpha value is -2.02. The molecule has 4 nitrogen and oxygen atoms in total. The average molecular weight is 281 g/mol. The Labute approximate surface area is 124 Å². The van der Waals surface area contributed by atoms with Gasteiger partial charge in [0.1, 0.15) is 0 Å². The molecule has 4 rings (SSSR count). The number of benzene rings is 1. The van der Waals surface area contributed by atoms with Crippen molar-refractivity contribution < 1.29 is 4.79 Å². The first kappa shape index (κ1) is 12.7. The van der Waals surface area contributed by atoms with Crippen LogP contribution in [0.4, 0.5) is 5.69 Å². The minimum Gasteiger partial charge on any atom is -0.384 e. The van der Waals surface area contributed by atoms with Gasteiger partial charge in [-0.05, 0) is 49.4 Å². The lowest BCUT2D eigenvalue weighted by Gasteiger charge is -2.21. The highest BCUT2D eigenvalue weighted by molar-refractivity contribution is 5.95. The Morgan fingerprint density at radius 3 is 3.10 bits per heavy atom. The summed E-state index contributed by atoms with van der Waals surface area (Å²) in [5.41, 5.74) is 3.13. The number of carbonyl (C=O) groups is 1. The van der Waals surface area contributed by atoms with E-state index in [1.165, 1.54) is 5.56 Å². The largest absolute Gasteiger partial charge is 0.384 e. The maximum Gasteiger partial charge on any atom is 0.251 e. The second kappa shape index (κ2) is 4.77. The maximum atomic E-state index is 12.5. The van der Waals surface area contributed by atoms with Crippen molar-refractivity contribution in [2.75, 3.05) is 11.9 Å². The molecule has 1 heterocycles. The van der Waals surface area contributed by atoms with Crippen molar-refractivity contribution in [3.8, 4) is 0 Å². The number of hydrogen-bond acceptors (Lipinski definition) is 2. The highest BCUT2D eigenvalue weighted by atomic mass is 16.1. The molecule has 2 N–H and O–H groups in total. The van der Waals surface area contributed by atoms with Crippen LogP contribution >= 0.6 is 0 Å². The summed E-state index contributed by atoms with van der Waals surface area (Å²) in [5, 5.41) is 6.49. The molecule has 0 aromatic heterocycles. The van der Waals surface area contributed by atoms with Crippen LogP contribution in [-0.2, 0) is 6.42 Å². The van der Waals surface area contributed by atoms with Crippen LogP contribution in [-0.4, -0.2) is 24.5 Å². The van der Waals surface area contributed by atoms with E-state index < -0.39 is 0 Å². The van der Waals surface area contributed by atoms with Gasteiger partial charge in [-0.1, -0.05) is 0 Å². The molecule has 4 atom stereocenters. The topological polar surface area (TPSA) is 45.5 Å². The summed E-state index contributed by atoms with van der Waals surface area (Å²) in [7, 11) is 0. The standard InChI is InChI=1S/C17H19N3O/c1-18-16-11-2-4-13(16)15(9-11)20-17(21)12-3-5-14-10(8-12)6-7-19-14/h3,5,8,11,13,15-16,19H,2,4,6-7,9H2,(H,20,21)/t11-,13+,15+,16?/m1/s1. The molecular weight excluding hydrogens is 262 g/mol. The Morgan fingerprint density at radius 2 is 2.29 bits per heavy atom. The SMILES string of the molecule is [C-]#[N+]C1[C@@H]2CC[C@H]1[C@@H](NC(=O)c1ccc3c(c1)CCN3)C2. The minimum atomic E-state index is 0.0194. The number of fused-ring (bicyclic) bond motifs is 3. The number of amides is 1. The van der Waals surface area contributed by atoms with Gasteiger partial charge in [0.25, 0.3) is 5.91 Å². The quantitative estimate of drug-likeness (QED) is 0.818. The van der Waals surface area contributed by atoms with Crippen molar-refractivity contribution in [3.05, 3.63) is 40.7 Å². The normalized spacial score (nSPS) is 32.3. The van der Waals surface area contributed by atoms with Crippen molar-refractivity contribution in [2.45, 2.75) is 37.8 Å². The van der Waals surface area contributed by atoms with Crippen LogP contribution in [0.2, 0.25) is 0 Å². The molecule has 1 aromatic rings. The van der Waals surface area contributed by atoms with Gasteiger partial charge in [0.2, 0.25) is 6.04 Å². The minimum absolute atomic E-state index is 0.0194. The highest BCUT2D eigenvalue weighted by Gasteiger charge is 2.53. The zero-order chi connectivity index (χ0) is 14.4. The molecule has 2 fully saturated rings. The van der Waals surface area contributed by atoms with E-state index in [0.717, 1.165) is 43.5 Å². The van der Waals surface area contributed by atoms with Gasteiger partial charge in [0.15, 0.2) is 0 Å². The van der Waals surface area contributed by atoms with Crippen LogP contribution in [0.5, 0.6) is 0 Å². The van der Waals surface area contributed by atoms with Crippen LogP contribution < -0.4 is 10.6 Å². The fourth-order valence-corrected chi connectivity index (χ4v) is 4.36. The third-order valence-corrected chi connectivity index (χ3v) is 5.41. The predicted molar refractivity (Wildman–Crippen MR) is 81.1 cm³/mol. The van der Waals surface area contributed by atoms with Crippen molar-refractivity contribution >= 4 is 11.6 Å². The third-order valence-electron chi connectivity index (χ3n) is 5.41. The van der Waals surface area contributed by atoms with Gasteiger partial charge >= 0.3 is 0 Å². The molecule has 21 heavy (non-hydrogen) atoms. The monoisotopic (exact) mass is 281 g/mol. The van der Waals surface area contributed by atoms with Crippen LogP contribution in [0.15, 0.2) is 18.2 Å². The number of nitrogens with zero attached hydrogens (tertiary/aromatic N) is 1. The van der Waals surface area contributed by atoms with Gasteiger partial charge in [-0.2, -0.15) is 0 Å². The van der Waals surface area contributed by atoms with Crippen LogP contribution in [0.25, 0.3) is 4.85 Å². The third kappa shape index (κ3) is 1.99. The number of rotatable bonds is 2. The molecule has 2 saturated carbocycles. The molecule has 0 radical (unpaired) electrons. The lowest BCUT2D eigenvalue weighted by molar-refractivity contribution is 0.0922. The van der Waals surface area contributed by atoms with E-state index in [1.54, 1.807) is 0 Å². The van der Waals surface area contributed by atoms with Gasteiger partial charge in [-0.15, -0.1) is 0 Å². The summed E-state index contributed by atoms with van der Waals surface area (Å²) < 4.78 is 0. The Balaban J connectivity index is 1.48. The predicted octanol–water partition coefficient (Wildman–Crippen LogP) is 2.47. The number of carbonyl (C=O) groups excluding carboxylic acids is 1. The summed E-state index contributed by atoms with van der Waals surface area (Å²) in [5.74, 6) is 0.889. The maximum absolute atomic E-state index is 12.5. The molecule has 1 unspecified atom stereocenters. The van der Waals surface area contributed by atoms with E-state index in [0.29, 0.717) is 11.8 Å². The molecule has 2 bridgehead atoms. The number of nitrogens with one attached hydrogen (secondary N) is 2. The Kier molecular flexibility index (Phi) is 2.88. The van der Waals surface area contributed by atoms with Crippen molar-refractivity contribution in [1.82, 2.24) is 5.32 Å². The van der Waals surface area contributed by atoms with Crippen LogP contribution in [0.1, 0.15) is 35.2 Å². The first-order valence-electron chi connectivity index (χ1n) is 7.80. The molecule has 1 aromatic carbocycles. The van der Waals surface area contributed by atoms with E-state index in [2.05, 4.69) is 15.5 Å². The second-order valence-electron chi connectivity index (χ2n) is 6.49. The second-order valence-corrected chi connectivity index (χ2v) is 6.49. The number of anilines is 1. The molecule has 3 aliphatic rings. The smallest absolute Gasteiger partial charge is 0.251 e. The summed E-state index contributed by atoms with van der Waals surface area (Å²) in [4.78, 5) is 16.2. The molecule has 4 heteroatoms. The summed E-state index contributed by atoms with van der Waals surface area (Å²) in [6, 6.07) is 6.23. The van der Waals surface area contributed by atoms with Crippen LogP contribution in [0.3, 0.4) is 0 Å². The van der Waals surface area contributed by atoms with Crippen molar-refractivity contribution in [2.24, 2.45) is 11.8 Å². The van der Waals surface area contributed by atoms with Gasteiger partial charge in [0.05, 0.1) is 5.92 Å². The van der Waals surface area contributed by atoms with Gasteiger partial charge in [-0.3, -0.25) is 4.79 Å². The summed E-state index contributed by atoms with van der Waals surface area (Å²) in [6.07, 6.45) is 4.23. The summed E-state index contributed by atoms with van der Waals surface area (Å²) >= 11 is 0. The molecule has 0 spiro atoms.